The van der Waals surface area contributed by atoms with Crippen molar-refractivity contribution >= 4 is 11.9 Å². The predicted molar refractivity (Wildman–Crippen MR) is 114 cm³/mol. The van der Waals surface area contributed by atoms with Gasteiger partial charge in [-0.15, -0.1) is 0 Å². The van der Waals surface area contributed by atoms with E-state index in [2.05, 4.69) is 0 Å². The number of carbonyl (C=O) groups is 1. The molecule has 0 saturated heterocycles. The normalized spacial score (nSPS) is 13.7. The Morgan fingerprint density at radius 1 is 0.900 bits per heavy atom. The molecule has 1 aliphatic rings. The standard InChI is InChI=1S/C25H22O5/c1-16-20(29-15-17-8-5-4-6-9-17)13-12-19-23(26)22(30-24(16)19)14-18-10-7-11-21(27-2)25(18)28-3/h4-14H,15H2,1-3H3/b22-14-. The number of Topliss-reactive ketones (excluding diaryl/α,β-unsaturated/α-hetero) is 1. The van der Waals surface area contributed by atoms with E-state index in [1.54, 1.807) is 32.4 Å². The number of benzene rings is 3. The Kier molecular flexibility index (Phi) is 5.44. The van der Waals surface area contributed by atoms with Gasteiger partial charge in [0.2, 0.25) is 5.78 Å². The zero-order valence-electron chi connectivity index (χ0n) is 17.1. The molecule has 0 N–H and O–H groups in total. The largest absolute Gasteiger partial charge is 0.493 e. The van der Waals surface area contributed by atoms with Crippen LogP contribution >= 0.6 is 0 Å². The summed E-state index contributed by atoms with van der Waals surface area (Å²) in [6, 6.07) is 19.0. The van der Waals surface area contributed by atoms with Crippen LogP contribution < -0.4 is 18.9 Å². The molecule has 0 amide bonds. The highest BCUT2D eigenvalue weighted by molar-refractivity contribution is 6.15. The Labute approximate surface area is 175 Å². The number of rotatable bonds is 6. The van der Waals surface area contributed by atoms with Crippen molar-refractivity contribution in [2.24, 2.45) is 0 Å². The number of ether oxygens (including phenoxy) is 4. The van der Waals surface area contributed by atoms with E-state index >= 15 is 0 Å². The maximum Gasteiger partial charge on any atom is 0.231 e. The molecule has 1 heterocycles. The second kappa shape index (κ2) is 8.33. The quantitative estimate of drug-likeness (QED) is 0.530. The van der Waals surface area contributed by atoms with Gasteiger partial charge in [-0.1, -0.05) is 42.5 Å². The summed E-state index contributed by atoms with van der Waals surface area (Å²) in [7, 11) is 3.13. The molecule has 0 bridgehead atoms. The van der Waals surface area contributed by atoms with E-state index in [1.165, 1.54) is 0 Å². The summed E-state index contributed by atoms with van der Waals surface area (Å²) in [5, 5.41) is 0. The second-order valence-electron chi connectivity index (χ2n) is 6.86. The Bertz CT molecular complexity index is 1120. The van der Waals surface area contributed by atoms with Crippen LogP contribution in [0.25, 0.3) is 6.08 Å². The van der Waals surface area contributed by atoms with Crippen molar-refractivity contribution in [1.82, 2.24) is 0 Å². The summed E-state index contributed by atoms with van der Waals surface area (Å²) in [6.45, 7) is 2.33. The topological polar surface area (TPSA) is 54.0 Å². The SMILES string of the molecule is COc1cccc(/C=C2\Oc3c(ccc(OCc4ccccc4)c3C)C2=O)c1OC. The van der Waals surface area contributed by atoms with Gasteiger partial charge in [-0.25, -0.2) is 0 Å². The van der Waals surface area contributed by atoms with Crippen molar-refractivity contribution in [3.05, 3.63) is 88.7 Å². The van der Waals surface area contributed by atoms with Crippen LogP contribution in [-0.4, -0.2) is 20.0 Å². The molecule has 5 heteroatoms. The molecular weight excluding hydrogens is 380 g/mol. The van der Waals surface area contributed by atoms with Crippen molar-refractivity contribution in [1.29, 1.82) is 0 Å². The van der Waals surface area contributed by atoms with Gasteiger partial charge in [0.15, 0.2) is 17.3 Å². The Balaban J connectivity index is 1.62. The molecule has 0 saturated carbocycles. The van der Waals surface area contributed by atoms with Crippen LogP contribution in [0, 0.1) is 6.92 Å². The zero-order chi connectivity index (χ0) is 21.1. The molecule has 4 rings (SSSR count). The first-order valence-corrected chi connectivity index (χ1v) is 9.58. The van der Waals surface area contributed by atoms with Crippen molar-refractivity contribution in [3.8, 4) is 23.0 Å². The molecule has 30 heavy (non-hydrogen) atoms. The van der Waals surface area contributed by atoms with Gasteiger partial charge in [0.1, 0.15) is 18.1 Å². The van der Waals surface area contributed by atoms with E-state index in [0.717, 1.165) is 11.1 Å². The van der Waals surface area contributed by atoms with Crippen LogP contribution in [0.3, 0.4) is 0 Å². The number of ketones is 1. The first-order valence-electron chi connectivity index (χ1n) is 9.58. The summed E-state index contributed by atoms with van der Waals surface area (Å²) in [5.41, 5.74) is 3.08. The second-order valence-corrected chi connectivity index (χ2v) is 6.86. The number of para-hydroxylation sites is 1. The average molecular weight is 402 g/mol. The molecule has 5 nitrogen and oxygen atoms in total. The third kappa shape index (κ3) is 3.62. The highest BCUT2D eigenvalue weighted by Crippen LogP contribution is 2.40. The Morgan fingerprint density at radius 2 is 1.70 bits per heavy atom. The van der Waals surface area contributed by atoms with E-state index in [1.807, 2.05) is 55.5 Å². The number of hydrogen-bond acceptors (Lipinski definition) is 5. The molecule has 3 aromatic carbocycles. The smallest absolute Gasteiger partial charge is 0.231 e. The summed E-state index contributed by atoms with van der Waals surface area (Å²) in [6.07, 6.45) is 1.67. The van der Waals surface area contributed by atoms with Crippen molar-refractivity contribution < 1.29 is 23.7 Å². The van der Waals surface area contributed by atoms with Gasteiger partial charge < -0.3 is 18.9 Å². The van der Waals surface area contributed by atoms with E-state index in [4.69, 9.17) is 18.9 Å². The molecule has 152 valence electrons. The molecule has 0 aliphatic carbocycles. The van der Waals surface area contributed by atoms with Crippen molar-refractivity contribution in [3.63, 3.8) is 0 Å². The number of methoxy groups -OCH3 is 2. The lowest BCUT2D eigenvalue weighted by atomic mass is 10.1. The molecule has 3 aromatic rings. The number of carbonyl (C=O) groups excluding carboxylic acids is 1. The molecule has 0 radical (unpaired) electrons. The number of hydrogen-bond donors (Lipinski definition) is 0. The van der Waals surface area contributed by atoms with Crippen LogP contribution in [0.2, 0.25) is 0 Å². The van der Waals surface area contributed by atoms with Crippen LogP contribution in [0.5, 0.6) is 23.0 Å². The van der Waals surface area contributed by atoms with Crippen LogP contribution in [-0.2, 0) is 6.61 Å². The fourth-order valence-electron chi connectivity index (χ4n) is 3.43. The summed E-state index contributed by atoms with van der Waals surface area (Å²) >= 11 is 0. The monoisotopic (exact) mass is 402 g/mol. The van der Waals surface area contributed by atoms with E-state index in [9.17, 15) is 4.79 Å². The van der Waals surface area contributed by atoms with E-state index < -0.39 is 0 Å². The first kappa shape index (κ1) is 19.6. The maximum atomic E-state index is 12.9. The fraction of sp³-hybridized carbons (Fsp3) is 0.160. The molecule has 0 unspecified atom stereocenters. The highest BCUT2D eigenvalue weighted by atomic mass is 16.5. The number of allylic oxidation sites excluding steroid dienone is 1. The van der Waals surface area contributed by atoms with Crippen LogP contribution in [0.4, 0.5) is 0 Å². The molecule has 0 spiro atoms. The minimum absolute atomic E-state index is 0.174. The lowest BCUT2D eigenvalue weighted by Gasteiger charge is -2.12. The molecule has 0 aromatic heterocycles. The lowest BCUT2D eigenvalue weighted by Crippen LogP contribution is -1.99. The van der Waals surface area contributed by atoms with Gasteiger partial charge in [-0.3, -0.25) is 4.79 Å². The van der Waals surface area contributed by atoms with Crippen LogP contribution in [0.1, 0.15) is 27.0 Å². The summed E-state index contributed by atoms with van der Waals surface area (Å²) < 4.78 is 22.7. The summed E-state index contributed by atoms with van der Waals surface area (Å²) in [5.74, 6) is 2.41. The molecule has 0 fully saturated rings. The molecular formula is C25H22O5. The van der Waals surface area contributed by atoms with Gasteiger partial charge in [-0.2, -0.15) is 0 Å². The molecule has 0 atom stereocenters. The predicted octanol–water partition coefficient (Wildman–Crippen LogP) is 5.21. The molecule has 1 aliphatic heterocycles. The maximum absolute atomic E-state index is 12.9. The minimum Gasteiger partial charge on any atom is -0.493 e. The van der Waals surface area contributed by atoms with E-state index in [0.29, 0.717) is 40.7 Å². The number of fused-ring (bicyclic) bond motifs is 1. The van der Waals surface area contributed by atoms with Gasteiger partial charge in [0, 0.05) is 11.1 Å². The van der Waals surface area contributed by atoms with Gasteiger partial charge in [0.25, 0.3) is 0 Å². The lowest BCUT2D eigenvalue weighted by molar-refractivity contribution is 0.101. The van der Waals surface area contributed by atoms with Crippen molar-refractivity contribution in [2.45, 2.75) is 13.5 Å². The van der Waals surface area contributed by atoms with E-state index in [-0.39, 0.29) is 11.5 Å². The highest BCUT2D eigenvalue weighted by Gasteiger charge is 2.30. The van der Waals surface area contributed by atoms with Crippen molar-refractivity contribution in [2.75, 3.05) is 14.2 Å². The van der Waals surface area contributed by atoms with Gasteiger partial charge in [-0.05, 0) is 36.8 Å². The Morgan fingerprint density at radius 3 is 2.43 bits per heavy atom. The van der Waals surface area contributed by atoms with Gasteiger partial charge >= 0.3 is 0 Å². The van der Waals surface area contributed by atoms with Gasteiger partial charge in [0.05, 0.1) is 19.8 Å². The summed E-state index contributed by atoms with van der Waals surface area (Å²) in [4.78, 5) is 12.9. The minimum atomic E-state index is -0.174. The third-order valence-corrected chi connectivity index (χ3v) is 4.99. The Hall–Kier alpha value is -3.73. The third-order valence-electron chi connectivity index (χ3n) is 4.99. The fourth-order valence-corrected chi connectivity index (χ4v) is 3.43. The zero-order valence-corrected chi connectivity index (χ0v) is 17.1. The van der Waals surface area contributed by atoms with Crippen LogP contribution in [0.15, 0.2) is 66.4 Å². The average Bonchev–Trinajstić information content (AvgIpc) is 3.10. The first-order chi connectivity index (χ1) is 14.6.